The van der Waals surface area contributed by atoms with Gasteiger partial charge in [0.15, 0.2) is 6.17 Å². The maximum absolute atomic E-state index is 13.8. The van der Waals surface area contributed by atoms with E-state index in [1.54, 1.807) is 0 Å². The van der Waals surface area contributed by atoms with Crippen LogP contribution in [0.5, 0.6) is 5.75 Å². The summed E-state index contributed by atoms with van der Waals surface area (Å²) < 4.78 is 18.7. The summed E-state index contributed by atoms with van der Waals surface area (Å²) in [7, 11) is 0. The molecule has 0 aliphatic rings. The summed E-state index contributed by atoms with van der Waals surface area (Å²) in [4.78, 5) is 33.4. The molecule has 0 amide bonds. The average molecular weight is 390 g/mol. The third kappa shape index (κ3) is 4.81. The molecule has 2 aromatic rings. The summed E-state index contributed by atoms with van der Waals surface area (Å²) in [6.45, 7) is 1.84. The van der Waals surface area contributed by atoms with Crippen LogP contribution in [-0.4, -0.2) is 28.1 Å². The zero-order valence-corrected chi connectivity index (χ0v) is 15.1. The number of alkyl halides is 1. The summed E-state index contributed by atoms with van der Waals surface area (Å²) in [6, 6.07) is 7.76. The highest BCUT2D eigenvalue weighted by Gasteiger charge is 2.25. The van der Waals surface area contributed by atoms with Crippen LogP contribution in [0.25, 0.3) is 11.1 Å². The van der Waals surface area contributed by atoms with Crippen LogP contribution in [0, 0.1) is 10.1 Å². The molecule has 8 nitrogen and oxygen atoms in total. The summed E-state index contributed by atoms with van der Waals surface area (Å²) >= 11 is 0. The van der Waals surface area contributed by atoms with E-state index in [-0.39, 0.29) is 23.2 Å². The van der Waals surface area contributed by atoms with Crippen molar-refractivity contribution in [1.82, 2.24) is 0 Å². The average Bonchev–Trinajstić information content (AvgIpc) is 2.66. The van der Waals surface area contributed by atoms with Gasteiger partial charge in [0, 0.05) is 23.4 Å². The predicted molar refractivity (Wildman–Crippen MR) is 100.0 cm³/mol. The SMILES string of the molecule is CCCC[C@@H](F)C(=O)Oc1cc(N)c(-c2ccc(C(=O)O)cc2)cc1[N+](=O)[O-]. The normalized spacial score (nSPS) is 11.6. The molecule has 9 heteroatoms. The maximum Gasteiger partial charge on any atom is 0.346 e. The molecule has 2 rings (SSSR count). The number of nitro groups is 1. The number of nitro benzene ring substituents is 1. The number of aromatic carboxylic acids is 1. The quantitative estimate of drug-likeness (QED) is 0.229. The monoisotopic (exact) mass is 390 g/mol. The number of hydrogen-bond donors (Lipinski definition) is 2. The Balaban J connectivity index is 2.37. The highest BCUT2D eigenvalue weighted by Crippen LogP contribution is 2.37. The van der Waals surface area contributed by atoms with Gasteiger partial charge in [-0.15, -0.1) is 0 Å². The number of carbonyl (C=O) groups is 2. The highest BCUT2D eigenvalue weighted by molar-refractivity contribution is 5.89. The van der Waals surface area contributed by atoms with Gasteiger partial charge in [0.1, 0.15) is 0 Å². The van der Waals surface area contributed by atoms with E-state index in [1.807, 2.05) is 6.92 Å². The van der Waals surface area contributed by atoms with Crippen LogP contribution < -0.4 is 10.5 Å². The van der Waals surface area contributed by atoms with E-state index in [2.05, 4.69) is 0 Å². The fourth-order valence-electron chi connectivity index (χ4n) is 2.52. The Morgan fingerprint density at radius 2 is 1.93 bits per heavy atom. The minimum Gasteiger partial charge on any atom is -0.478 e. The Morgan fingerprint density at radius 1 is 1.29 bits per heavy atom. The van der Waals surface area contributed by atoms with Crippen molar-refractivity contribution in [2.24, 2.45) is 0 Å². The van der Waals surface area contributed by atoms with Crippen LogP contribution in [0.1, 0.15) is 36.5 Å². The Bertz CT molecular complexity index is 898. The molecule has 0 fully saturated rings. The fraction of sp³-hybridized carbons (Fsp3) is 0.263. The van der Waals surface area contributed by atoms with Gasteiger partial charge in [0.05, 0.1) is 10.5 Å². The van der Waals surface area contributed by atoms with Gasteiger partial charge in [-0.2, -0.15) is 0 Å². The first-order valence-corrected chi connectivity index (χ1v) is 8.52. The van der Waals surface area contributed by atoms with Gasteiger partial charge >= 0.3 is 17.6 Å². The smallest absolute Gasteiger partial charge is 0.346 e. The molecule has 0 aliphatic carbocycles. The van der Waals surface area contributed by atoms with E-state index in [0.717, 1.165) is 12.1 Å². The molecule has 0 radical (unpaired) electrons. The van der Waals surface area contributed by atoms with Crippen molar-refractivity contribution < 1.29 is 28.7 Å². The molecule has 0 bridgehead atoms. The van der Waals surface area contributed by atoms with E-state index >= 15 is 0 Å². The number of nitrogen functional groups attached to an aromatic ring is 1. The molecule has 0 saturated heterocycles. The summed E-state index contributed by atoms with van der Waals surface area (Å²) in [5.74, 6) is -2.77. The molecule has 148 valence electrons. The number of nitrogens with two attached hydrogens (primary N) is 1. The number of carboxylic acid groups (broad SMARTS) is 1. The molecule has 0 unspecified atom stereocenters. The molecular weight excluding hydrogens is 371 g/mol. The topological polar surface area (TPSA) is 133 Å². The maximum atomic E-state index is 13.8. The lowest BCUT2D eigenvalue weighted by Crippen LogP contribution is -2.22. The Labute approximate surface area is 159 Å². The second-order valence-electron chi connectivity index (χ2n) is 6.08. The lowest BCUT2D eigenvalue weighted by Gasteiger charge is -2.12. The van der Waals surface area contributed by atoms with Crippen molar-refractivity contribution in [3.05, 3.63) is 52.1 Å². The van der Waals surface area contributed by atoms with E-state index in [0.29, 0.717) is 18.4 Å². The van der Waals surface area contributed by atoms with Crippen molar-refractivity contribution in [2.75, 3.05) is 5.73 Å². The molecule has 2 aromatic carbocycles. The Hall–Kier alpha value is -3.49. The standard InChI is InChI=1S/C19H19FN2O6/c1-2-3-4-14(20)19(25)28-17-10-15(21)13(9-16(17)22(26)27)11-5-7-12(8-6-11)18(23)24/h5-10,14H,2-4,21H2,1H3,(H,23,24)/t14-/m1/s1. The lowest BCUT2D eigenvalue weighted by molar-refractivity contribution is -0.385. The summed E-state index contributed by atoms with van der Waals surface area (Å²) in [5, 5.41) is 20.3. The molecule has 1 atom stereocenters. The van der Waals surface area contributed by atoms with Gasteiger partial charge in [-0.3, -0.25) is 10.1 Å². The van der Waals surface area contributed by atoms with E-state index in [1.165, 1.54) is 24.3 Å². The zero-order valence-electron chi connectivity index (χ0n) is 15.1. The van der Waals surface area contributed by atoms with Gasteiger partial charge in [0.2, 0.25) is 5.75 Å². The van der Waals surface area contributed by atoms with Gasteiger partial charge in [-0.25, -0.2) is 14.0 Å². The fourth-order valence-corrected chi connectivity index (χ4v) is 2.52. The lowest BCUT2D eigenvalue weighted by atomic mass is 10.0. The van der Waals surface area contributed by atoms with Gasteiger partial charge in [0.25, 0.3) is 0 Å². The second-order valence-corrected chi connectivity index (χ2v) is 6.08. The number of carboxylic acids is 1. The molecule has 28 heavy (non-hydrogen) atoms. The van der Waals surface area contributed by atoms with Crippen LogP contribution in [0.4, 0.5) is 15.8 Å². The van der Waals surface area contributed by atoms with Crippen LogP contribution in [-0.2, 0) is 4.79 Å². The number of nitrogens with zero attached hydrogens (tertiary/aromatic N) is 1. The molecular formula is C19H19FN2O6. The first-order valence-electron chi connectivity index (χ1n) is 8.52. The summed E-state index contributed by atoms with van der Waals surface area (Å²) in [5.41, 5.74) is 6.17. The molecule has 0 spiro atoms. The predicted octanol–water partition coefficient (Wildman–Crippen LogP) is 3.98. The number of carbonyl (C=O) groups excluding carboxylic acids is 1. The van der Waals surface area contributed by atoms with E-state index in [9.17, 15) is 24.1 Å². The molecule has 0 aliphatic heterocycles. The van der Waals surface area contributed by atoms with Crippen molar-refractivity contribution in [3.63, 3.8) is 0 Å². The van der Waals surface area contributed by atoms with Crippen molar-refractivity contribution in [3.8, 4) is 16.9 Å². The summed E-state index contributed by atoms with van der Waals surface area (Å²) in [6.07, 6.45) is -0.752. The van der Waals surface area contributed by atoms with Gasteiger partial charge in [-0.1, -0.05) is 31.9 Å². The van der Waals surface area contributed by atoms with E-state index in [4.69, 9.17) is 15.6 Å². The van der Waals surface area contributed by atoms with Crippen LogP contribution in [0.2, 0.25) is 0 Å². The number of rotatable bonds is 8. The Morgan fingerprint density at radius 3 is 2.46 bits per heavy atom. The van der Waals surface area contributed by atoms with Crippen LogP contribution >= 0.6 is 0 Å². The number of benzene rings is 2. The molecule has 3 N–H and O–H groups in total. The number of hydrogen-bond acceptors (Lipinski definition) is 6. The number of esters is 1. The minimum absolute atomic E-state index is 0.0351. The number of anilines is 1. The van der Waals surface area contributed by atoms with Crippen molar-refractivity contribution >= 4 is 23.3 Å². The Kier molecular flexibility index (Phi) is 6.64. The first-order chi connectivity index (χ1) is 13.2. The number of unbranched alkanes of at least 4 members (excludes halogenated alkanes) is 1. The van der Waals surface area contributed by atoms with Gasteiger partial charge < -0.3 is 15.6 Å². The van der Waals surface area contributed by atoms with Crippen molar-refractivity contribution in [1.29, 1.82) is 0 Å². The number of ether oxygens (including phenoxy) is 1. The third-order valence-electron chi connectivity index (χ3n) is 4.05. The molecule has 0 saturated carbocycles. The van der Waals surface area contributed by atoms with Crippen LogP contribution in [0.15, 0.2) is 36.4 Å². The first kappa shape index (κ1) is 20.8. The van der Waals surface area contributed by atoms with Crippen molar-refractivity contribution in [2.45, 2.75) is 32.4 Å². The second kappa shape index (κ2) is 8.94. The molecule has 0 heterocycles. The van der Waals surface area contributed by atoms with E-state index < -0.39 is 34.5 Å². The third-order valence-corrected chi connectivity index (χ3v) is 4.05. The number of halogens is 1. The minimum atomic E-state index is -1.89. The largest absolute Gasteiger partial charge is 0.478 e. The van der Waals surface area contributed by atoms with Gasteiger partial charge in [-0.05, 0) is 24.1 Å². The highest BCUT2D eigenvalue weighted by atomic mass is 19.1. The molecule has 0 aromatic heterocycles. The van der Waals surface area contributed by atoms with Crippen LogP contribution in [0.3, 0.4) is 0 Å². The zero-order chi connectivity index (χ0) is 20.8.